The first-order valence-electron chi connectivity index (χ1n) is 24.2. The summed E-state index contributed by atoms with van der Waals surface area (Å²) in [5.74, 6) is 0. The first-order chi connectivity index (χ1) is 33.3. The Morgan fingerprint density at radius 2 is 0.485 bits per heavy atom. The van der Waals surface area contributed by atoms with Gasteiger partial charge in [0, 0.05) is 10.8 Å². The van der Waals surface area contributed by atoms with Gasteiger partial charge >= 0.3 is 0 Å². The maximum Gasteiger partial charge on any atom is 0.0159 e. The van der Waals surface area contributed by atoms with Gasteiger partial charge in [-0.05, 0) is 155 Å². The fraction of sp³-hybridized carbons (Fsp3) is 0.0882. The van der Waals surface area contributed by atoms with Gasteiger partial charge in [-0.25, -0.2) is 0 Å². The van der Waals surface area contributed by atoms with Crippen LogP contribution in [-0.4, -0.2) is 0 Å². The van der Waals surface area contributed by atoms with Gasteiger partial charge in [0.05, 0.1) is 0 Å². The van der Waals surface area contributed by atoms with Gasteiger partial charge in [-0.15, -0.1) is 0 Å². The summed E-state index contributed by atoms with van der Waals surface area (Å²) < 4.78 is 0. The van der Waals surface area contributed by atoms with Gasteiger partial charge in [-0.1, -0.05) is 234 Å². The first-order valence-corrected chi connectivity index (χ1v) is 24.2. The fourth-order valence-corrected chi connectivity index (χ4v) is 12.9. The molecule has 0 nitrogen and oxygen atoms in total. The topological polar surface area (TPSA) is 0 Å². The molecule has 2 aliphatic carbocycles. The van der Waals surface area contributed by atoms with E-state index in [4.69, 9.17) is 0 Å². The van der Waals surface area contributed by atoms with Crippen molar-refractivity contribution >= 4 is 53.9 Å². The Balaban J connectivity index is 0.953. The van der Waals surface area contributed by atoms with Gasteiger partial charge in [0.25, 0.3) is 0 Å². The van der Waals surface area contributed by atoms with E-state index in [0.29, 0.717) is 0 Å². The Hall–Kier alpha value is -8.06. The van der Waals surface area contributed by atoms with Crippen LogP contribution in [0, 0.1) is 0 Å². The molecule has 320 valence electrons. The molecule has 0 fully saturated rings. The molecule has 0 heteroatoms. The van der Waals surface area contributed by atoms with Gasteiger partial charge in [-0.3, -0.25) is 0 Å². The summed E-state index contributed by atoms with van der Waals surface area (Å²) in [4.78, 5) is 0. The quantitative estimate of drug-likeness (QED) is 0.155. The second kappa shape index (κ2) is 14.2. The largest absolute Gasteiger partial charge is 0.0622 e. The zero-order valence-electron chi connectivity index (χ0n) is 38.8. The Labute approximate surface area is 397 Å². The monoisotopic (exact) mass is 864 g/mol. The summed E-state index contributed by atoms with van der Waals surface area (Å²) in [6.07, 6.45) is 0. The van der Waals surface area contributed by atoms with Gasteiger partial charge in [-0.2, -0.15) is 0 Å². The lowest BCUT2D eigenvalue weighted by molar-refractivity contribution is 0.633. The molecule has 0 radical (unpaired) electrons. The van der Waals surface area contributed by atoms with Crippen molar-refractivity contribution in [3.8, 4) is 66.8 Å². The minimum absolute atomic E-state index is 0.243. The second-order valence-corrected chi connectivity index (χ2v) is 20.3. The van der Waals surface area contributed by atoms with Crippen molar-refractivity contribution in [3.05, 3.63) is 241 Å². The molecule has 0 N–H and O–H groups in total. The van der Waals surface area contributed by atoms with E-state index in [0.717, 1.165) is 0 Å². The molecule has 0 spiro atoms. The molecule has 0 aromatic heterocycles. The van der Waals surface area contributed by atoms with E-state index in [9.17, 15) is 0 Å². The maximum atomic E-state index is 2.52. The van der Waals surface area contributed by atoms with Crippen LogP contribution in [0.25, 0.3) is 121 Å². The molecule has 2 aliphatic rings. The molecule has 0 unspecified atom stereocenters. The number of benzene rings is 12. The maximum absolute atomic E-state index is 2.52. The van der Waals surface area contributed by atoms with Gasteiger partial charge in [0.15, 0.2) is 0 Å². The van der Waals surface area contributed by atoms with Crippen LogP contribution in [0.2, 0.25) is 0 Å². The molecule has 0 bridgehead atoms. The summed E-state index contributed by atoms with van der Waals surface area (Å²) in [5.41, 5.74) is 20.6. The highest BCUT2D eigenvalue weighted by molar-refractivity contribution is 6.23. The Bertz CT molecular complexity index is 3730. The third-order valence-electron chi connectivity index (χ3n) is 16.0. The summed E-state index contributed by atoms with van der Waals surface area (Å²) in [6.45, 7) is 9.79. The highest BCUT2D eigenvalue weighted by Crippen LogP contribution is 2.58. The van der Waals surface area contributed by atoms with Crippen molar-refractivity contribution in [1.29, 1.82) is 0 Å². The normalized spacial score (nSPS) is 14.1. The van der Waals surface area contributed by atoms with Crippen molar-refractivity contribution in [2.24, 2.45) is 0 Å². The van der Waals surface area contributed by atoms with Crippen LogP contribution >= 0.6 is 0 Å². The standard InChI is InChI=1S/C68H48/c1-67(2)57-37-38-58-66-56(46-34-32-44(40-60(46)68(58,3)4)64-53-29-17-13-25-49(53)62(42-21-9-6-10-22-42)50-26-14-18-30-54(50)64)36-35-55(65(57)66)45-33-31-43(39-59(45)67)63-51-27-15-11-23-47(51)61(41-19-7-5-8-20-41)48-24-12-16-28-52(48)63/h5-40H,1-4H3. The van der Waals surface area contributed by atoms with Crippen molar-refractivity contribution in [1.82, 2.24) is 0 Å². The Kier molecular flexibility index (Phi) is 8.19. The van der Waals surface area contributed by atoms with Crippen LogP contribution < -0.4 is 0 Å². The second-order valence-electron chi connectivity index (χ2n) is 20.3. The van der Waals surface area contributed by atoms with Gasteiger partial charge < -0.3 is 0 Å². The number of hydrogen-bond donors (Lipinski definition) is 0. The van der Waals surface area contributed by atoms with Crippen LogP contribution in [0.1, 0.15) is 49.9 Å². The lowest BCUT2D eigenvalue weighted by Gasteiger charge is -2.41. The molecule has 12 aromatic rings. The first kappa shape index (κ1) is 39.1. The van der Waals surface area contributed by atoms with E-state index in [-0.39, 0.29) is 10.8 Å². The average molecular weight is 865 g/mol. The highest BCUT2D eigenvalue weighted by atomic mass is 14.4. The number of fused-ring (bicyclic) bond motifs is 8. The molecule has 0 atom stereocenters. The molecule has 12 aromatic carbocycles. The molecule has 0 saturated carbocycles. The third-order valence-corrected chi connectivity index (χ3v) is 16.0. The minimum atomic E-state index is -0.243. The van der Waals surface area contributed by atoms with Crippen LogP contribution in [0.3, 0.4) is 0 Å². The smallest absolute Gasteiger partial charge is 0.0159 e. The highest BCUT2D eigenvalue weighted by Gasteiger charge is 2.40. The third kappa shape index (κ3) is 5.32. The average Bonchev–Trinajstić information content (AvgIpc) is 3.38. The summed E-state index contributed by atoms with van der Waals surface area (Å²) in [5, 5.41) is 13.1. The predicted molar refractivity (Wildman–Crippen MR) is 291 cm³/mol. The number of hydrogen-bond acceptors (Lipinski definition) is 0. The minimum Gasteiger partial charge on any atom is -0.0622 e. The van der Waals surface area contributed by atoms with Gasteiger partial charge in [0.1, 0.15) is 0 Å². The van der Waals surface area contributed by atoms with E-state index in [1.54, 1.807) is 0 Å². The molecule has 68 heavy (non-hydrogen) atoms. The van der Waals surface area contributed by atoms with Crippen LogP contribution in [0.4, 0.5) is 0 Å². The summed E-state index contributed by atoms with van der Waals surface area (Å²) in [6, 6.07) is 82.3. The summed E-state index contributed by atoms with van der Waals surface area (Å²) >= 11 is 0. The molecular formula is C68H48. The molecule has 0 aliphatic heterocycles. The Morgan fingerprint density at radius 1 is 0.221 bits per heavy atom. The molecule has 0 heterocycles. The lowest BCUT2D eigenvalue weighted by atomic mass is 9.62. The van der Waals surface area contributed by atoms with E-state index in [1.165, 1.54) is 143 Å². The van der Waals surface area contributed by atoms with Crippen molar-refractivity contribution in [2.75, 3.05) is 0 Å². The van der Waals surface area contributed by atoms with E-state index >= 15 is 0 Å². The van der Waals surface area contributed by atoms with Crippen LogP contribution in [-0.2, 0) is 10.8 Å². The fourth-order valence-electron chi connectivity index (χ4n) is 12.9. The predicted octanol–water partition coefficient (Wildman–Crippen LogP) is 18.7. The molecule has 14 rings (SSSR count). The zero-order valence-corrected chi connectivity index (χ0v) is 38.8. The van der Waals surface area contributed by atoms with Crippen molar-refractivity contribution in [2.45, 2.75) is 38.5 Å². The van der Waals surface area contributed by atoms with E-state index < -0.39 is 0 Å². The van der Waals surface area contributed by atoms with E-state index in [1.807, 2.05) is 0 Å². The lowest BCUT2D eigenvalue weighted by Crippen LogP contribution is -2.28. The van der Waals surface area contributed by atoms with Crippen LogP contribution in [0.15, 0.2) is 218 Å². The number of rotatable bonds is 4. The molecular weight excluding hydrogens is 817 g/mol. The SMILES string of the molecule is CC1(C)c2cc(-c3c4ccccc4c(-c4ccccc4)c4ccccc34)ccc2-c2ccc3c4c(ccc1c24)C(C)(C)c1cc(-c2c4ccccc4c(-c4ccccc4)c4ccccc24)ccc1-3. The summed E-state index contributed by atoms with van der Waals surface area (Å²) in [7, 11) is 0. The van der Waals surface area contributed by atoms with E-state index in [2.05, 4.69) is 246 Å². The Morgan fingerprint density at radius 3 is 0.794 bits per heavy atom. The van der Waals surface area contributed by atoms with Gasteiger partial charge in [0.2, 0.25) is 0 Å². The molecule has 0 saturated heterocycles. The van der Waals surface area contributed by atoms with Crippen molar-refractivity contribution in [3.63, 3.8) is 0 Å². The zero-order chi connectivity index (χ0) is 45.5. The van der Waals surface area contributed by atoms with Crippen LogP contribution in [0.5, 0.6) is 0 Å². The molecule has 0 amide bonds. The van der Waals surface area contributed by atoms with Crippen molar-refractivity contribution < 1.29 is 0 Å².